The SMILES string of the molecule is CC(NC(=O)N(NS(=O)(=O)c1ccccc1)c1ccc2c(c1)CN(C)C2)c1ccccc1. The van der Waals surface area contributed by atoms with Crippen LogP contribution in [-0.4, -0.2) is 26.4 Å². The van der Waals surface area contributed by atoms with Gasteiger partial charge in [-0.25, -0.2) is 18.2 Å². The van der Waals surface area contributed by atoms with Gasteiger partial charge in [0.15, 0.2) is 0 Å². The van der Waals surface area contributed by atoms with Crippen LogP contribution in [0.5, 0.6) is 0 Å². The highest BCUT2D eigenvalue weighted by Gasteiger charge is 2.26. The van der Waals surface area contributed by atoms with Gasteiger partial charge in [-0.3, -0.25) is 4.90 Å². The second-order valence-corrected chi connectivity index (χ2v) is 9.61. The predicted molar refractivity (Wildman–Crippen MR) is 124 cm³/mol. The molecule has 166 valence electrons. The molecule has 8 heteroatoms. The Bertz CT molecular complexity index is 1200. The van der Waals surface area contributed by atoms with E-state index in [1.54, 1.807) is 24.3 Å². The van der Waals surface area contributed by atoms with Crippen LogP contribution in [0.15, 0.2) is 83.8 Å². The maximum absolute atomic E-state index is 13.3. The first kappa shape index (κ1) is 22.0. The summed E-state index contributed by atoms with van der Waals surface area (Å²) in [5.41, 5.74) is 3.61. The molecule has 1 atom stereocenters. The van der Waals surface area contributed by atoms with Crippen molar-refractivity contribution < 1.29 is 13.2 Å². The normalized spacial score (nSPS) is 14.6. The van der Waals surface area contributed by atoms with Crippen LogP contribution < -0.4 is 15.2 Å². The fraction of sp³-hybridized carbons (Fsp3) is 0.208. The van der Waals surface area contributed by atoms with Crippen LogP contribution in [0.25, 0.3) is 0 Å². The Balaban J connectivity index is 1.65. The van der Waals surface area contributed by atoms with Crippen LogP contribution >= 0.6 is 0 Å². The van der Waals surface area contributed by atoms with Gasteiger partial charge in [-0.1, -0.05) is 54.6 Å². The minimum atomic E-state index is -3.97. The molecule has 4 rings (SSSR count). The lowest BCUT2D eigenvalue weighted by atomic mass is 10.1. The number of amides is 2. The number of nitrogens with one attached hydrogen (secondary N) is 2. The van der Waals surface area contributed by atoms with Gasteiger partial charge in [0.25, 0.3) is 10.0 Å². The maximum atomic E-state index is 13.3. The van der Waals surface area contributed by atoms with E-state index >= 15 is 0 Å². The highest BCUT2D eigenvalue weighted by molar-refractivity contribution is 7.89. The molecule has 0 aromatic heterocycles. The summed E-state index contributed by atoms with van der Waals surface area (Å²) in [6, 6.07) is 22.2. The Morgan fingerprint density at radius 1 is 0.938 bits per heavy atom. The molecule has 0 aliphatic carbocycles. The summed E-state index contributed by atoms with van der Waals surface area (Å²) >= 11 is 0. The molecule has 7 nitrogen and oxygen atoms in total. The van der Waals surface area contributed by atoms with Crippen molar-refractivity contribution in [1.82, 2.24) is 15.0 Å². The molecule has 32 heavy (non-hydrogen) atoms. The van der Waals surface area contributed by atoms with Crippen LogP contribution in [-0.2, 0) is 23.1 Å². The van der Waals surface area contributed by atoms with Crippen molar-refractivity contribution in [3.05, 3.63) is 95.6 Å². The zero-order valence-electron chi connectivity index (χ0n) is 18.0. The van der Waals surface area contributed by atoms with Gasteiger partial charge in [-0.05, 0) is 54.9 Å². The minimum Gasteiger partial charge on any atom is -0.330 e. The molecule has 1 unspecified atom stereocenters. The number of sulfonamides is 1. The number of hydrazine groups is 1. The van der Waals surface area contributed by atoms with Crippen molar-refractivity contribution in [2.75, 3.05) is 12.1 Å². The van der Waals surface area contributed by atoms with Gasteiger partial charge in [0.2, 0.25) is 0 Å². The average molecular weight is 451 g/mol. The molecule has 2 N–H and O–H groups in total. The third-order valence-electron chi connectivity index (χ3n) is 5.44. The lowest BCUT2D eigenvalue weighted by Gasteiger charge is -2.26. The summed E-state index contributed by atoms with van der Waals surface area (Å²) in [5.74, 6) is 0. The van der Waals surface area contributed by atoms with E-state index in [1.807, 2.05) is 56.4 Å². The van der Waals surface area contributed by atoms with E-state index in [4.69, 9.17) is 0 Å². The van der Waals surface area contributed by atoms with Crippen molar-refractivity contribution in [3.8, 4) is 0 Å². The number of urea groups is 1. The number of rotatable bonds is 6. The van der Waals surface area contributed by atoms with Gasteiger partial charge in [0.1, 0.15) is 0 Å². The number of hydrogen-bond acceptors (Lipinski definition) is 4. The lowest BCUT2D eigenvalue weighted by molar-refractivity contribution is 0.242. The Labute approximate surface area is 188 Å². The molecule has 0 spiro atoms. The Kier molecular flexibility index (Phi) is 6.27. The van der Waals surface area contributed by atoms with Gasteiger partial charge in [0, 0.05) is 13.1 Å². The summed E-state index contributed by atoms with van der Waals surface area (Å²) in [6.07, 6.45) is 0. The number of carbonyl (C=O) groups is 1. The average Bonchev–Trinajstić information content (AvgIpc) is 3.17. The summed E-state index contributed by atoms with van der Waals surface area (Å²) < 4.78 is 26.0. The molecule has 0 saturated carbocycles. The molecule has 1 aliphatic heterocycles. The molecular formula is C24H26N4O3S. The molecule has 0 bridgehead atoms. The van der Waals surface area contributed by atoms with Crippen LogP contribution in [0.2, 0.25) is 0 Å². The van der Waals surface area contributed by atoms with E-state index in [2.05, 4.69) is 15.0 Å². The predicted octanol–water partition coefficient (Wildman–Crippen LogP) is 3.80. The van der Waals surface area contributed by atoms with Crippen molar-refractivity contribution in [2.45, 2.75) is 31.0 Å². The summed E-state index contributed by atoms with van der Waals surface area (Å²) in [5, 5.41) is 3.96. The van der Waals surface area contributed by atoms with Gasteiger partial charge in [-0.2, -0.15) is 0 Å². The Morgan fingerprint density at radius 3 is 2.25 bits per heavy atom. The number of hydrogen-bond donors (Lipinski definition) is 2. The number of benzene rings is 3. The molecule has 0 saturated heterocycles. The van der Waals surface area contributed by atoms with Crippen LogP contribution in [0.3, 0.4) is 0 Å². The van der Waals surface area contributed by atoms with E-state index in [0.717, 1.165) is 29.2 Å². The lowest BCUT2D eigenvalue weighted by Crippen LogP contribution is -2.51. The highest BCUT2D eigenvalue weighted by Crippen LogP contribution is 2.27. The molecule has 0 radical (unpaired) electrons. The van der Waals surface area contributed by atoms with E-state index in [9.17, 15) is 13.2 Å². The quantitative estimate of drug-likeness (QED) is 0.560. The fourth-order valence-corrected chi connectivity index (χ4v) is 4.80. The van der Waals surface area contributed by atoms with Crippen molar-refractivity contribution >= 4 is 21.7 Å². The van der Waals surface area contributed by atoms with E-state index < -0.39 is 16.1 Å². The number of carbonyl (C=O) groups excluding carboxylic acids is 1. The molecular weight excluding hydrogens is 424 g/mol. The summed E-state index contributed by atoms with van der Waals surface area (Å²) in [6.45, 7) is 3.42. The smallest absolute Gasteiger partial charge is 0.330 e. The molecule has 0 fully saturated rings. The third kappa shape index (κ3) is 4.83. The van der Waals surface area contributed by atoms with Crippen molar-refractivity contribution in [2.24, 2.45) is 0 Å². The van der Waals surface area contributed by atoms with Gasteiger partial charge < -0.3 is 5.32 Å². The van der Waals surface area contributed by atoms with Crippen molar-refractivity contribution in [1.29, 1.82) is 0 Å². The second-order valence-electron chi connectivity index (χ2n) is 7.95. The second kappa shape index (κ2) is 9.12. The zero-order valence-corrected chi connectivity index (χ0v) is 18.8. The summed E-state index contributed by atoms with van der Waals surface area (Å²) in [7, 11) is -1.96. The molecule has 2 amide bonds. The molecule has 3 aromatic rings. The summed E-state index contributed by atoms with van der Waals surface area (Å²) in [4.78, 5) is 18.0. The van der Waals surface area contributed by atoms with Crippen molar-refractivity contribution in [3.63, 3.8) is 0 Å². The Hall–Kier alpha value is -3.20. The van der Waals surface area contributed by atoms with Gasteiger partial charge in [-0.15, -0.1) is 4.83 Å². The minimum absolute atomic E-state index is 0.0785. The third-order valence-corrected chi connectivity index (χ3v) is 6.75. The first-order valence-electron chi connectivity index (χ1n) is 10.4. The van der Waals surface area contributed by atoms with Crippen LogP contribution in [0.4, 0.5) is 10.5 Å². The molecule has 1 heterocycles. The van der Waals surface area contributed by atoms with Crippen LogP contribution in [0.1, 0.15) is 29.7 Å². The monoisotopic (exact) mass is 450 g/mol. The number of fused-ring (bicyclic) bond motifs is 1. The molecule has 1 aliphatic rings. The highest BCUT2D eigenvalue weighted by atomic mass is 32.2. The van der Waals surface area contributed by atoms with Gasteiger partial charge in [0.05, 0.1) is 16.6 Å². The number of nitrogens with zero attached hydrogens (tertiary/aromatic N) is 2. The largest absolute Gasteiger partial charge is 0.337 e. The van der Waals surface area contributed by atoms with E-state index in [0.29, 0.717) is 5.69 Å². The van der Waals surface area contributed by atoms with Crippen LogP contribution in [0, 0.1) is 0 Å². The fourth-order valence-electron chi connectivity index (χ4n) is 3.75. The topological polar surface area (TPSA) is 81.8 Å². The number of anilines is 1. The van der Waals surface area contributed by atoms with Gasteiger partial charge >= 0.3 is 6.03 Å². The Morgan fingerprint density at radius 2 is 1.56 bits per heavy atom. The molecule has 3 aromatic carbocycles. The van der Waals surface area contributed by atoms with E-state index in [1.165, 1.54) is 17.7 Å². The maximum Gasteiger partial charge on any atom is 0.337 e. The zero-order chi connectivity index (χ0) is 22.7. The van der Waals surface area contributed by atoms with E-state index in [-0.39, 0.29) is 10.9 Å². The first-order valence-corrected chi connectivity index (χ1v) is 11.9. The standard InChI is InChI=1S/C24H26N4O3S/c1-18(19-9-5-3-6-10-19)25-24(29)28(26-32(30,31)23-11-7-4-8-12-23)22-14-13-20-16-27(2)17-21(20)15-22/h3-15,18,26H,16-17H2,1-2H3,(H,25,29). The first-order chi connectivity index (χ1) is 15.3.